The van der Waals surface area contributed by atoms with Gasteiger partial charge in [0.25, 0.3) is 5.91 Å². The van der Waals surface area contributed by atoms with Crippen molar-refractivity contribution in [3.63, 3.8) is 0 Å². The molecule has 0 radical (unpaired) electrons. The summed E-state index contributed by atoms with van der Waals surface area (Å²) >= 11 is 6.23. The largest absolute Gasteiger partial charge is 0.426 e. The van der Waals surface area contributed by atoms with Gasteiger partial charge in [-0.25, -0.2) is 9.18 Å². The Labute approximate surface area is 236 Å². The van der Waals surface area contributed by atoms with Crippen molar-refractivity contribution in [1.82, 2.24) is 25.1 Å². The summed E-state index contributed by atoms with van der Waals surface area (Å²) in [6, 6.07) is 9.47. The molecule has 0 bridgehead atoms. The Morgan fingerprint density at radius 3 is 2.70 bits per heavy atom. The topological polar surface area (TPSA) is 95.0 Å². The van der Waals surface area contributed by atoms with Crippen LogP contribution >= 0.6 is 11.6 Å². The molecule has 3 heterocycles. The van der Waals surface area contributed by atoms with Crippen molar-refractivity contribution in [2.24, 2.45) is 13.0 Å². The van der Waals surface area contributed by atoms with Crippen LogP contribution < -0.4 is 15.5 Å². The Morgan fingerprint density at radius 2 is 1.95 bits per heavy atom. The number of aromatic nitrogens is 2. The number of hydrogen-bond acceptors (Lipinski definition) is 7. The highest BCUT2D eigenvalue weighted by Crippen LogP contribution is 2.38. The molecule has 2 N–H and O–H groups in total. The Bertz CT molecular complexity index is 1440. The summed E-state index contributed by atoms with van der Waals surface area (Å²) in [6.45, 7) is 4.32. The predicted molar refractivity (Wildman–Crippen MR) is 149 cm³/mol. The molecule has 1 saturated carbocycles. The second kappa shape index (κ2) is 11.1. The van der Waals surface area contributed by atoms with E-state index in [4.69, 9.17) is 16.4 Å². The smallest absolute Gasteiger partial charge is 0.351 e. The number of aryl methyl sites for hydroxylation is 1. The SMILES string of the molecule is Cn1ncc2c1Nc1cc(Cl)ccc1N(C(=O)c1ccc(CNC(=O)ON3CCN(CC4CC4)CC3)c(F)c1)C2. The van der Waals surface area contributed by atoms with Crippen molar-refractivity contribution in [3.05, 3.63) is 70.1 Å². The van der Waals surface area contributed by atoms with Gasteiger partial charge in [0, 0.05) is 68.0 Å². The van der Waals surface area contributed by atoms with Crippen molar-refractivity contribution >= 4 is 40.8 Å². The van der Waals surface area contributed by atoms with Crippen LogP contribution in [0, 0.1) is 11.7 Å². The third-order valence-corrected chi connectivity index (χ3v) is 7.81. The van der Waals surface area contributed by atoms with Crippen LogP contribution in [0.25, 0.3) is 0 Å². The summed E-state index contributed by atoms with van der Waals surface area (Å²) in [5, 5.41) is 12.4. The van der Waals surface area contributed by atoms with E-state index < -0.39 is 11.9 Å². The van der Waals surface area contributed by atoms with Gasteiger partial charge in [-0.15, -0.1) is 5.06 Å². The number of carbonyl (C=O) groups excluding carboxylic acids is 2. The number of hydrogen-bond donors (Lipinski definition) is 2. The zero-order valence-corrected chi connectivity index (χ0v) is 23.0. The molecule has 0 spiro atoms. The van der Waals surface area contributed by atoms with Gasteiger partial charge in [0.15, 0.2) is 0 Å². The van der Waals surface area contributed by atoms with E-state index in [-0.39, 0.29) is 30.1 Å². The number of fused-ring (bicyclic) bond motifs is 2. The molecule has 1 saturated heterocycles. The molecule has 10 nitrogen and oxygen atoms in total. The lowest BCUT2D eigenvalue weighted by molar-refractivity contribution is -0.123. The van der Waals surface area contributed by atoms with Crippen LogP contribution in [-0.4, -0.2) is 64.5 Å². The molecule has 3 aliphatic rings. The number of halogens is 2. The van der Waals surface area contributed by atoms with E-state index in [1.54, 1.807) is 45.1 Å². The molecule has 2 aromatic carbocycles. The minimum Gasteiger partial charge on any atom is -0.351 e. The van der Waals surface area contributed by atoms with Crippen LogP contribution in [0.15, 0.2) is 42.6 Å². The summed E-state index contributed by atoms with van der Waals surface area (Å²) in [5.41, 5.74) is 2.51. The van der Waals surface area contributed by atoms with Crippen LogP contribution in [0.5, 0.6) is 0 Å². The lowest BCUT2D eigenvalue weighted by atomic mass is 10.1. The third kappa shape index (κ3) is 5.77. The standard InChI is InChI=1S/C28H31ClFN7O3/c1-34-26-21(15-32-34)17-37(25-7-6-22(29)13-24(25)33-26)27(38)19-4-5-20(23(30)12-19)14-31-28(39)40-36-10-8-35(9-11-36)16-18-2-3-18/h4-7,12-13,15,18,33H,2-3,8-11,14,16-17H2,1H3,(H,31,39). The van der Waals surface area contributed by atoms with Gasteiger partial charge in [-0.2, -0.15) is 5.10 Å². The molecule has 2 amide bonds. The quantitative estimate of drug-likeness (QED) is 0.459. The maximum Gasteiger partial charge on any atom is 0.426 e. The van der Waals surface area contributed by atoms with Crippen LogP contribution in [-0.2, 0) is 25.0 Å². The minimum atomic E-state index is -0.630. The van der Waals surface area contributed by atoms with Crippen molar-refractivity contribution in [1.29, 1.82) is 0 Å². The molecule has 3 aromatic rings. The first kappa shape index (κ1) is 26.5. The minimum absolute atomic E-state index is 0.0607. The van der Waals surface area contributed by atoms with Crippen molar-refractivity contribution in [2.75, 3.05) is 42.9 Å². The fourth-order valence-electron chi connectivity index (χ4n) is 5.13. The Hall–Kier alpha value is -3.67. The first-order valence-electron chi connectivity index (χ1n) is 13.4. The van der Waals surface area contributed by atoms with E-state index >= 15 is 4.39 Å². The van der Waals surface area contributed by atoms with Crippen molar-refractivity contribution in [2.45, 2.75) is 25.9 Å². The molecule has 1 aliphatic carbocycles. The summed E-state index contributed by atoms with van der Waals surface area (Å²) < 4.78 is 16.8. The number of anilines is 3. The molecule has 40 heavy (non-hydrogen) atoms. The van der Waals surface area contributed by atoms with Crippen LogP contribution in [0.1, 0.15) is 34.3 Å². The highest BCUT2D eigenvalue weighted by molar-refractivity contribution is 6.31. The Kier molecular flexibility index (Phi) is 7.35. The van der Waals surface area contributed by atoms with Crippen LogP contribution in [0.4, 0.5) is 26.4 Å². The fourth-order valence-corrected chi connectivity index (χ4v) is 5.31. The highest BCUT2D eigenvalue weighted by atomic mass is 35.5. The molecule has 210 valence electrons. The first-order valence-corrected chi connectivity index (χ1v) is 13.8. The Balaban J connectivity index is 1.09. The summed E-state index contributed by atoms with van der Waals surface area (Å²) in [4.78, 5) is 35.3. The van der Waals surface area contributed by atoms with Crippen molar-refractivity contribution < 1.29 is 18.8 Å². The normalized spacial score (nSPS) is 17.4. The summed E-state index contributed by atoms with van der Waals surface area (Å²) in [5.74, 6) is 0.614. The van der Waals surface area contributed by atoms with E-state index in [2.05, 4.69) is 20.6 Å². The van der Waals surface area contributed by atoms with Gasteiger partial charge in [-0.1, -0.05) is 17.7 Å². The molecular formula is C28H31ClFN7O3. The Morgan fingerprint density at radius 1 is 1.15 bits per heavy atom. The van der Waals surface area contributed by atoms with Crippen LogP contribution in [0.3, 0.4) is 0 Å². The number of benzene rings is 2. The number of carbonyl (C=O) groups is 2. The number of rotatable bonds is 6. The summed E-state index contributed by atoms with van der Waals surface area (Å²) in [7, 11) is 1.81. The van der Waals surface area contributed by atoms with Gasteiger partial charge in [0.1, 0.15) is 11.6 Å². The zero-order valence-electron chi connectivity index (χ0n) is 22.2. The number of amides is 2. The van der Waals surface area contributed by atoms with Gasteiger partial charge in [-0.05, 0) is 49.1 Å². The first-order chi connectivity index (χ1) is 19.3. The lowest BCUT2D eigenvalue weighted by Crippen LogP contribution is -2.48. The average Bonchev–Trinajstić information content (AvgIpc) is 3.72. The van der Waals surface area contributed by atoms with Gasteiger partial charge in [0.2, 0.25) is 0 Å². The predicted octanol–water partition coefficient (Wildman–Crippen LogP) is 4.29. The zero-order chi connectivity index (χ0) is 27.8. The number of piperazine rings is 1. The van der Waals surface area contributed by atoms with Crippen LogP contribution in [0.2, 0.25) is 5.02 Å². The maximum atomic E-state index is 15.1. The van der Waals surface area contributed by atoms with E-state index in [1.165, 1.54) is 25.0 Å². The van der Waals surface area contributed by atoms with Crippen molar-refractivity contribution in [3.8, 4) is 0 Å². The van der Waals surface area contributed by atoms with E-state index in [1.807, 2.05) is 7.05 Å². The number of hydroxylamine groups is 2. The van der Waals surface area contributed by atoms with E-state index in [0.717, 1.165) is 36.9 Å². The lowest BCUT2D eigenvalue weighted by Gasteiger charge is -2.33. The van der Waals surface area contributed by atoms with E-state index in [0.29, 0.717) is 29.5 Å². The monoisotopic (exact) mass is 567 g/mol. The van der Waals surface area contributed by atoms with E-state index in [9.17, 15) is 9.59 Å². The second-order valence-electron chi connectivity index (χ2n) is 10.5. The van der Waals surface area contributed by atoms with Gasteiger partial charge in [0.05, 0.1) is 24.1 Å². The third-order valence-electron chi connectivity index (χ3n) is 7.57. The fraction of sp³-hybridized carbons (Fsp3) is 0.393. The molecule has 2 aliphatic heterocycles. The van der Waals surface area contributed by atoms with Gasteiger partial charge >= 0.3 is 6.09 Å². The molecule has 0 unspecified atom stereocenters. The second-order valence-corrected chi connectivity index (χ2v) is 11.0. The van der Waals surface area contributed by atoms with Gasteiger partial charge < -0.3 is 25.3 Å². The van der Waals surface area contributed by atoms with Gasteiger partial charge in [-0.3, -0.25) is 9.48 Å². The average molecular weight is 568 g/mol. The summed E-state index contributed by atoms with van der Waals surface area (Å²) in [6.07, 6.45) is 3.69. The maximum absolute atomic E-state index is 15.1. The highest BCUT2D eigenvalue weighted by Gasteiger charge is 2.29. The molecule has 0 atom stereocenters. The molecule has 12 heteroatoms. The number of nitrogens with zero attached hydrogens (tertiary/aromatic N) is 5. The molecule has 1 aromatic heterocycles. The molecule has 6 rings (SSSR count). The molecular weight excluding hydrogens is 537 g/mol. The number of nitrogens with one attached hydrogen (secondary N) is 2. The molecule has 2 fully saturated rings.